The zero-order valence-corrected chi connectivity index (χ0v) is 16.7. The van der Waals surface area contributed by atoms with Crippen molar-refractivity contribution in [3.8, 4) is 17.6 Å². The molecule has 3 N–H and O–H groups in total. The Labute approximate surface area is 174 Å². The number of hydrogen-bond acceptors (Lipinski definition) is 5. The van der Waals surface area contributed by atoms with Crippen molar-refractivity contribution in [2.45, 2.75) is 32.6 Å². The number of carbonyl (C=O) groups excluding carboxylic acids is 3. The van der Waals surface area contributed by atoms with E-state index in [1.54, 1.807) is 24.3 Å². The Balaban J connectivity index is 1.60. The van der Waals surface area contributed by atoms with Crippen molar-refractivity contribution in [1.29, 1.82) is 0 Å². The number of amides is 2. The number of hydrogen-bond donors (Lipinski definition) is 3. The molecule has 154 valence electrons. The summed E-state index contributed by atoms with van der Waals surface area (Å²) < 4.78 is 0. The molecule has 1 heterocycles. The van der Waals surface area contributed by atoms with Crippen LogP contribution in [0.4, 0.5) is 5.69 Å². The summed E-state index contributed by atoms with van der Waals surface area (Å²) in [4.78, 5) is 39.3. The third-order valence-electron chi connectivity index (χ3n) is 4.51. The minimum Gasteiger partial charge on any atom is -0.505 e. The normalized spacial score (nSPS) is 12.4. The number of carbonyl (C=O) groups is 3. The highest BCUT2D eigenvalue weighted by Crippen LogP contribution is 2.30. The summed E-state index contributed by atoms with van der Waals surface area (Å²) in [7, 11) is 0. The quantitative estimate of drug-likeness (QED) is 0.614. The molecular weight excluding hydrogens is 382 g/mol. The lowest BCUT2D eigenvalue weighted by Crippen LogP contribution is -2.30. The van der Waals surface area contributed by atoms with Crippen LogP contribution in [-0.4, -0.2) is 34.2 Å². The number of ketones is 1. The van der Waals surface area contributed by atoms with Crippen molar-refractivity contribution in [2.24, 2.45) is 5.92 Å². The first-order valence-electron chi connectivity index (χ1n) is 9.88. The van der Waals surface area contributed by atoms with Gasteiger partial charge in [0.1, 0.15) is 5.75 Å². The van der Waals surface area contributed by atoms with Crippen LogP contribution in [0, 0.1) is 17.8 Å². The van der Waals surface area contributed by atoms with Crippen LogP contribution in [-0.2, 0) is 9.59 Å². The molecule has 1 aromatic carbocycles. The number of anilines is 1. The first kappa shape index (κ1) is 21.1. The molecule has 0 unspecified atom stereocenters. The van der Waals surface area contributed by atoms with Gasteiger partial charge in [-0.2, -0.15) is 0 Å². The van der Waals surface area contributed by atoms with Gasteiger partial charge in [0.2, 0.25) is 5.91 Å². The molecule has 0 bridgehead atoms. The molecule has 1 aliphatic carbocycles. The van der Waals surface area contributed by atoms with E-state index in [-0.39, 0.29) is 35.6 Å². The van der Waals surface area contributed by atoms with Gasteiger partial charge in [0.05, 0.1) is 6.54 Å². The molecule has 1 fully saturated rings. The fourth-order valence-corrected chi connectivity index (χ4v) is 2.70. The monoisotopic (exact) mass is 405 g/mol. The Morgan fingerprint density at radius 1 is 1.13 bits per heavy atom. The van der Waals surface area contributed by atoms with Crippen LogP contribution in [0.5, 0.6) is 5.75 Å². The van der Waals surface area contributed by atoms with E-state index in [1.165, 1.54) is 12.3 Å². The van der Waals surface area contributed by atoms with E-state index in [1.807, 2.05) is 6.92 Å². The second kappa shape index (κ2) is 9.70. The SMILES string of the molecule is CCCC(=O)CNC(=O)c1ncc(C#Cc2ccc(NC(=O)C3CC3)cc2)cc1O. The number of nitrogens with zero attached hydrogens (tertiary/aromatic N) is 1. The van der Waals surface area contributed by atoms with E-state index in [9.17, 15) is 19.5 Å². The largest absolute Gasteiger partial charge is 0.505 e. The number of aromatic nitrogens is 1. The second-order valence-corrected chi connectivity index (χ2v) is 7.15. The molecule has 1 aliphatic rings. The van der Waals surface area contributed by atoms with Crippen LogP contribution in [0.3, 0.4) is 0 Å². The molecule has 1 aromatic heterocycles. The lowest BCUT2D eigenvalue weighted by atomic mass is 10.1. The number of aromatic hydroxyl groups is 1. The van der Waals surface area contributed by atoms with Crippen molar-refractivity contribution < 1.29 is 19.5 Å². The van der Waals surface area contributed by atoms with Gasteiger partial charge in [-0.05, 0) is 49.6 Å². The fourth-order valence-electron chi connectivity index (χ4n) is 2.70. The molecule has 0 saturated heterocycles. The van der Waals surface area contributed by atoms with E-state index < -0.39 is 5.91 Å². The van der Waals surface area contributed by atoms with Crippen LogP contribution < -0.4 is 10.6 Å². The topological polar surface area (TPSA) is 108 Å². The van der Waals surface area contributed by atoms with Crippen LogP contribution in [0.2, 0.25) is 0 Å². The molecule has 0 radical (unpaired) electrons. The highest BCUT2D eigenvalue weighted by atomic mass is 16.3. The maximum Gasteiger partial charge on any atom is 0.274 e. The molecule has 2 aromatic rings. The van der Waals surface area contributed by atoms with Gasteiger partial charge >= 0.3 is 0 Å². The van der Waals surface area contributed by atoms with Gasteiger partial charge in [0, 0.05) is 35.3 Å². The van der Waals surface area contributed by atoms with Gasteiger partial charge in [-0.1, -0.05) is 18.8 Å². The van der Waals surface area contributed by atoms with Gasteiger partial charge < -0.3 is 15.7 Å². The van der Waals surface area contributed by atoms with Crippen LogP contribution in [0.25, 0.3) is 0 Å². The number of pyridine rings is 1. The fraction of sp³-hybridized carbons (Fsp3) is 0.304. The predicted octanol–water partition coefficient (Wildman–Crippen LogP) is 2.63. The van der Waals surface area contributed by atoms with Crippen molar-refractivity contribution in [3.63, 3.8) is 0 Å². The summed E-state index contributed by atoms with van der Waals surface area (Å²) in [5.41, 5.74) is 1.75. The predicted molar refractivity (Wildman–Crippen MR) is 112 cm³/mol. The summed E-state index contributed by atoms with van der Waals surface area (Å²) in [6, 6.07) is 8.50. The molecule has 0 aliphatic heterocycles. The van der Waals surface area contributed by atoms with E-state index in [0.717, 1.165) is 24.1 Å². The Kier molecular flexibility index (Phi) is 6.81. The first-order valence-corrected chi connectivity index (χ1v) is 9.88. The average molecular weight is 405 g/mol. The first-order chi connectivity index (χ1) is 14.5. The molecule has 30 heavy (non-hydrogen) atoms. The zero-order chi connectivity index (χ0) is 21.5. The van der Waals surface area contributed by atoms with Gasteiger partial charge in [-0.15, -0.1) is 0 Å². The summed E-state index contributed by atoms with van der Waals surface area (Å²) in [6.45, 7) is 1.79. The van der Waals surface area contributed by atoms with Gasteiger partial charge in [-0.25, -0.2) is 4.98 Å². The highest BCUT2D eigenvalue weighted by Gasteiger charge is 2.29. The number of rotatable bonds is 7. The minimum absolute atomic E-state index is 0.0502. The lowest BCUT2D eigenvalue weighted by molar-refractivity contribution is -0.118. The van der Waals surface area contributed by atoms with Gasteiger partial charge in [0.15, 0.2) is 11.5 Å². The van der Waals surface area contributed by atoms with E-state index in [4.69, 9.17) is 0 Å². The third-order valence-corrected chi connectivity index (χ3v) is 4.51. The minimum atomic E-state index is -0.611. The van der Waals surface area contributed by atoms with Gasteiger partial charge in [-0.3, -0.25) is 14.4 Å². The number of benzene rings is 1. The van der Waals surface area contributed by atoms with Crippen molar-refractivity contribution in [2.75, 3.05) is 11.9 Å². The Hall–Kier alpha value is -3.66. The molecule has 1 saturated carbocycles. The Morgan fingerprint density at radius 3 is 2.47 bits per heavy atom. The van der Waals surface area contributed by atoms with Crippen molar-refractivity contribution in [3.05, 3.63) is 53.3 Å². The average Bonchev–Trinajstić information content (AvgIpc) is 3.57. The summed E-state index contributed by atoms with van der Waals surface area (Å²) in [5, 5.41) is 15.4. The van der Waals surface area contributed by atoms with Crippen LogP contribution in [0.1, 0.15) is 54.2 Å². The number of Topliss-reactive ketones (excluding diaryl/α,β-unsaturated/α-hetero) is 1. The zero-order valence-electron chi connectivity index (χ0n) is 16.7. The smallest absolute Gasteiger partial charge is 0.274 e. The van der Waals surface area contributed by atoms with E-state index >= 15 is 0 Å². The molecule has 7 heteroatoms. The van der Waals surface area contributed by atoms with Crippen molar-refractivity contribution >= 4 is 23.3 Å². The van der Waals surface area contributed by atoms with E-state index in [0.29, 0.717) is 18.4 Å². The van der Waals surface area contributed by atoms with Gasteiger partial charge in [0.25, 0.3) is 5.91 Å². The standard InChI is InChI=1S/C23H23N3O4/c1-2-3-19(27)14-25-23(30)21-20(28)12-16(13-24-21)5-4-15-6-10-18(11-7-15)26-22(29)17-8-9-17/h6-7,10-13,17,28H,2-3,8-9,14H2,1H3,(H,25,30)(H,26,29). The summed E-state index contributed by atoms with van der Waals surface area (Å²) >= 11 is 0. The molecule has 7 nitrogen and oxygen atoms in total. The molecular formula is C23H23N3O4. The second-order valence-electron chi connectivity index (χ2n) is 7.15. The Morgan fingerprint density at radius 2 is 1.83 bits per heavy atom. The summed E-state index contributed by atoms with van der Waals surface area (Å²) in [6.07, 6.45) is 4.40. The Bertz CT molecular complexity index is 1010. The molecule has 0 spiro atoms. The molecule has 2 amide bonds. The van der Waals surface area contributed by atoms with Crippen LogP contribution >= 0.6 is 0 Å². The van der Waals surface area contributed by atoms with E-state index in [2.05, 4.69) is 27.5 Å². The third kappa shape index (κ3) is 5.92. The van der Waals surface area contributed by atoms with Crippen molar-refractivity contribution in [1.82, 2.24) is 10.3 Å². The molecule has 0 atom stereocenters. The highest BCUT2D eigenvalue weighted by molar-refractivity contribution is 5.97. The maximum atomic E-state index is 12.1. The lowest BCUT2D eigenvalue weighted by Gasteiger charge is -2.05. The number of nitrogens with one attached hydrogen (secondary N) is 2. The molecule has 3 rings (SSSR count). The maximum absolute atomic E-state index is 12.1. The van der Waals surface area contributed by atoms with Crippen LogP contribution in [0.15, 0.2) is 36.5 Å². The summed E-state index contributed by atoms with van der Waals surface area (Å²) in [5.74, 6) is 5.03.